The van der Waals surface area contributed by atoms with E-state index in [-0.39, 0.29) is 18.0 Å². The largest absolute Gasteiger partial charge is 0.355 e. The zero-order valence-corrected chi connectivity index (χ0v) is 16.2. The van der Waals surface area contributed by atoms with Crippen LogP contribution < -0.4 is 10.6 Å². The van der Waals surface area contributed by atoms with E-state index in [0.29, 0.717) is 30.2 Å². The topological polar surface area (TPSA) is 132 Å². The third-order valence-electron chi connectivity index (χ3n) is 3.72. The molecule has 2 aromatic rings. The van der Waals surface area contributed by atoms with Crippen LogP contribution in [-0.2, 0) is 28.7 Å². The van der Waals surface area contributed by atoms with Gasteiger partial charge in [-0.15, -0.1) is 0 Å². The van der Waals surface area contributed by atoms with Crippen molar-refractivity contribution in [3.63, 3.8) is 0 Å². The fraction of sp³-hybridized carbons (Fsp3) is 0.375. The zero-order valence-electron chi connectivity index (χ0n) is 15.4. The summed E-state index contributed by atoms with van der Waals surface area (Å²) in [5.41, 5.74) is 0.929. The zero-order chi connectivity index (χ0) is 20.7. The first-order valence-electron chi connectivity index (χ1n) is 8.24. The number of benzene rings is 1. The van der Waals surface area contributed by atoms with E-state index >= 15 is 0 Å². The van der Waals surface area contributed by atoms with Gasteiger partial charge in [0, 0.05) is 26.4 Å². The van der Waals surface area contributed by atoms with Crippen molar-refractivity contribution in [3.05, 3.63) is 57.7 Å². The quantitative estimate of drug-likeness (QED) is 0.284. The molecule has 0 saturated carbocycles. The van der Waals surface area contributed by atoms with E-state index in [0.717, 1.165) is 6.26 Å². The molecular formula is C16H21FN6O4S. The summed E-state index contributed by atoms with van der Waals surface area (Å²) in [7, 11) is -1.71. The molecule has 28 heavy (non-hydrogen) atoms. The van der Waals surface area contributed by atoms with E-state index in [4.69, 9.17) is 0 Å². The highest BCUT2D eigenvalue weighted by molar-refractivity contribution is 7.89. The Hall–Kier alpha value is -3.02. The molecule has 0 aliphatic carbocycles. The summed E-state index contributed by atoms with van der Waals surface area (Å²) < 4.78 is 38.1. The van der Waals surface area contributed by atoms with E-state index in [1.807, 2.05) is 0 Å². The molecule has 0 spiro atoms. The van der Waals surface area contributed by atoms with Gasteiger partial charge in [0.1, 0.15) is 18.2 Å². The first-order valence-corrected chi connectivity index (χ1v) is 10.3. The number of sulfone groups is 1. The number of rotatable bonds is 8. The number of guanidine groups is 1. The summed E-state index contributed by atoms with van der Waals surface area (Å²) >= 11 is 0. The molecule has 1 aromatic carbocycles. The maximum atomic E-state index is 13.6. The normalized spacial score (nSPS) is 12.0. The maximum Gasteiger partial charge on any atom is 0.306 e. The van der Waals surface area contributed by atoms with Crippen molar-refractivity contribution in [2.45, 2.75) is 18.8 Å². The van der Waals surface area contributed by atoms with Crippen molar-refractivity contribution in [1.82, 2.24) is 20.4 Å². The van der Waals surface area contributed by atoms with Gasteiger partial charge in [-0.1, -0.05) is 6.07 Å². The molecule has 0 atom stereocenters. The van der Waals surface area contributed by atoms with Crippen LogP contribution in [0, 0.1) is 15.9 Å². The number of halogens is 1. The minimum atomic E-state index is -3.26. The second-order valence-corrected chi connectivity index (χ2v) is 8.19. The lowest BCUT2D eigenvalue weighted by Gasteiger charge is -2.14. The first-order chi connectivity index (χ1) is 13.2. The molecule has 0 aliphatic rings. The van der Waals surface area contributed by atoms with Crippen molar-refractivity contribution >= 4 is 21.5 Å². The number of nitrogens with zero attached hydrogens (tertiary/aromatic N) is 4. The highest BCUT2D eigenvalue weighted by atomic mass is 32.2. The number of hydrogen-bond acceptors (Lipinski definition) is 6. The summed E-state index contributed by atoms with van der Waals surface area (Å²) in [5.74, 6) is -0.234. The highest BCUT2D eigenvalue weighted by Crippen LogP contribution is 2.14. The first kappa shape index (κ1) is 21.3. The number of nitrogens with one attached hydrogen (secondary N) is 2. The Bertz CT molecular complexity index is 973. The second-order valence-electron chi connectivity index (χ2n) is 6.05. The van der Waals surface area contributed by atoms with Crippen molar-refractivity contribution in [2.75, 3.05) is 19.8 Å². The Morgan fingerprint density at radius 2 is 2.11 bits per heavy atom. The smallest absolute Gasteiger partial charge is 0.306 e. The fourth-order valence-electron chi connectivity index (χ4n) is 2.44. The predicted octanol–water partition coefficient (Wildman–Crippen LogP) is 0.840. The molecule has 2 rings (SSSR count). The van der Waals surface area contributed by atoms with Crippen LogP contribution in [0.5, 0.6) is 0 Å². The van der Waals surface area contributed by atoms with E-state index < -0.39 is 20.6 Å². The van der Waals surface area contributed by atoms with Crippen LogP contribution in [0.3, 0.4) is 0 Å². The van der Waals surface area contributed by atoms with Gasteiger partial charge in [0.25, 0.3) is 0 Å². The van der Waals surface area contributed by atoms with Crippen LogP contribution >= 0.6 is 0 Å². The molecule has 0 unspecified atom stereocenters. The molecule has 2 N–H and O–H groups in total. The standard InChI is InChI=1S/C16H21FN6O4S/c1-18-16(19-5-6-22-10-15(9-21-22)23(24)25)20-8-13-7-14(17)4-3-12(13)11-28(2,26)27/h3-4,7,9-10H,5-6,8,11H2,1-2H3,(H2,18,19,20). The van der Waals surface area contributed by atoms with Crippen molar-refractivity contribution < 1.29 is 17.7 Å². The number of aromatic nitrogens is 2. The summed E-state index contributed by atoms with van der Waals surface area (Å²) in [6.07, 6.45) is 3.61. The molecule has 0 fully saturated rings. The Labute approximate surface area is 161 Å². The van der Waals surface area contributed by atoms with Gasteiger partial charge in [0.05, 0.1) is 17.2 Å². The lowest BCUT2D eigenvalue weighted by Crippen LogP contribution is -2.38. The van der Waals surface area contributed by atoms with Crippen LogP contribution in [0.25, 0.3) is 0 Å². The third kappa shape index (κ3) is 6.61. The summed E-state index contributed by atoms with van der Waals surface area (Å²) in [6, 6.07) is 3.96. The number of aliphatic imine (C=N–C) groups is 1. The fourth-order valence-corrected chi connectivity index (χ4v) is 3.29. The molecule has 1 heterocycles. The van der Waals surface area contributed by atoms with Gasteiger partial charge in [-0.2, -0.15) is 5.10 Å². The average molecular weight is 412 g/mol. The van der Waals surface area contributed by atoms with Gasteiger partial charge in [-0.25, -0.2) is 12.8 Å². The van der Waals surface area contributed by atoms with Gasteiger partial charge in [0.15, 0.2) is 15.8 Å². The minimum absolute atomic E-state index is 0.0907. The second kappa shape index (κ2) is 9.26. The Kier molecular flexibility index (Phi) is 7.04. The van der Waals surface area contributed by atoms with Crippen LogP contribution in [0.2, 0.25) is 0 Å². The summed E-state index contributed by atoms with van der Waals surface area (Å²) in [6.45, 7) is 0.932. The van der Waals surface area contributed by atoms with Crippen LogP contribution in [0.15, 0.2) is 35.6 Å². The van der Waals surface area contributed by atoms with E-state index in [1.165, 1.54) is 35.3 Å². The highest BCUT2D eigenvalue weighted by Gasteiger charge is 2.12. The molecule has 10 nitrogen and oxygen atoms in total. The lowest BCUT2D eigenvalue weighted by molar-refractivity contribution is -0.385. The molecular weight excluding hydrogens is 391 g/mol. The van der Waals surface area contributed by atoms with E-state index in [1.54, 1.807) is 7.05 Å². The molecule has 1 aromatic heterocycles. The van der Waals surface area contributed by atoms with Gasteiger partial charge >= 0.3 is 5.69 Å². The summed E-state index contributed by atoms with van der Waals surface area (Å²) in [4.78, 5) is 14.2. The van der Waals surface area contributed by atoms with Gasteiger partial charge < -0.3 is 10.6 Å². The minimum Gasteiger partial charge on any atom is -0.355 e. The monoisotopic (exact) mass is 412 g/mol. The third-order valence-corrected chi connectivity index (χ3v) is 4.56. The van der Waals surface area contributed by atoms with Crippen molar-refractivity contribution in [3.8, 4) is 0 Å². The average Bonchev–Trinajstić information content (AvgIpc) is 3.08. The maximum absolute atomic E-state index is 13.6. The van der Waals surface area contributed by atoms with Crippen LogP contribution in [0.1, 0.15) is 11.1 Å². The van der Waals surface area contributed by atoms with Gasteiger partial charge in [-0.3, -0.25) is 19.8 Å². The number of nitro groups is 1. The molecule has 0 bridgehead atoms. The Morgan fingerprint density at radius 1 is 1.36 bits per heavy atom. The van der Waals surface area contributed by atoms with Crippen molar-refractivity contribution in [1.29, 1.82) is 0 Å². The van der Waals surface area contributed by atoms with Crippen LogP contribution in [-0.4, -0.2) is 48.9 Å². The molecule has 12 heteroatoms. The molecule has 0 saturated heterocycles. The summed E-state index contributed by atoms with van der Waals surface area (Å²) in [5, 5.41) is 20.5. The molecule has 0 radical (unpaired) electrons. The Morgan fingerprint density at radius 3 is 2.71 bits per heavy atom. The SMILES string of the molecule is CN=C(NCCn1cc([N+](=O)[O-])cn1)NCc1cc(F)ccc1CS(C)(=O)=O. The van der Waals surface area contributed by atoms with E-state index in [2.05, 4.69) is 20.7 Å². The van der Waals surface area contributed by atoms with Crippen molar-refractivity contribution in [2.24, 2.45) is 4.99 Å². The molecule has 0 aliphatic heterocycles. The number of hydrogen-bond donors (Lipinski definition) is 2. The molecule has 0 amide bonds. The van der Waals surface area contributed by atoms with E-state index in [9.17, 15) is 22.9 Å². The molecule has 152 valence electrons. The Balaban J connectivity index is 1.93. The van der Waals surface area contributed by atoms with Crippen LogP contribution in [0.4, 0.5) is 10.1 Å². The van der Waals surface area contributed by atoms with Gasteiger partial charge in [-0.05, 0) is 23.3 Å². The van der Waals surface area contributed by atoms with Gasteiger partial charge in [0.2, 0.25) is 0 Å². The lowest BCUT2D eigenvalue weighted by atomic mass is 10.1. The predicted molar refractivity (Wildman–Crippen MR) is 102 cm³/mol.